The third kappa shape index (κ3) is 8.55. The van der Waals surface area contributed by atoms with Crippen LogP contribution in [0.5, 0.6) is 0 Å². The molecule has 0 aromatic heterocycles. The standard InChI is InChI=1S/C25H33NO9/c1-7-16(3)22(25(31)34-6)26(20(27)14-21(28)35-8-2)15-19(24(30)33-5)13-17-9-11-18(12-10-17)23(29)32-4/h9-13,16,22H,7-8,14-15H2,1-6H3/b19-13+. The van der Waals surface area contributed by atoms with Crippen LogP contribution in [0, 0.1) is 5.92 Å². The number of rotatable bonds is 12. The number of esters is 4. The van der Waals surface area contributed by atoms with Crippen LogP contribution >= 0.6 is 0 Å². The van der Waals surface area contributed by atoms with Crippen molar-refractivity contribution in [2.45, 2.75) is 39.7 Å². The molecule has 0 aliphatic rings. The molecule has 1 rings (SSSR count). The summed E-state index contributed by atoms with van der Waals surface area (Å²) in [7, 11) is 3.65. The molecule has 192 valence electrons. The van der Waals surface area contributed by atoms with Crippen LogP contribution in [-0.2, 0) is 38.1 Å². The van der Waals surface area contributed by atoms with Crippen LogP contribution in [0.2, 0.25) is 0 Å². The predicted molar refractivity (Wildman–Crippen MR) is 126 cm³/mol. The maximum absolute atomic E-state index is 13.1. The highest BCUT2D eigenvalue weighted by molar-refractivity contribution is 5.99. The van der Waals surface area contributed by atoms with Crippen LogP contribution in [0.4, 0.5) is 0 Å². The fourth-order valence-electron chi connectivity index (χ4n) is 3.31. The molecule has 1 amide bonds. The van der Waals surface area contributed by atoms with Crippen LogP contribution in [0.25, 0.3) is 6.08 Å². The summed E-state index contributed by atoms with van der Waals surface area (Å²) in [6, 6.07) is 5.17. The van der Waals surface area contributed by atoms with Gasteiger partial charge in [0.15, 0.2) is 0 Å². The van der Waals surface area contributed by atoms with Crippen molar-refractivity contribution in [1.29, 1.82) is 0 Å². The highest BCUT2D eigenvalue weighted by Crippen LogP contribution is 2.21. The first kappa shape index (κ1) is 29.3. The quantitative estimate of drug-likeness (QED) is 0.187. The number of benzene rings is 1. The summed E-state index contributed by atoms with van der Waals surface area (Å²) in [4.78, 5) is 63.3. The first-order valence-corrected chi connectivity index (χ1v) is 11.1. The Morgan fingerprint density at radius 1 is 0.943 bits per heavy atom. The van der Waals surface area contributed by atoms with Gasteiger partial charge >= 0.3 is 23.9 Å². The highest BCUT2D eigenvalue weighted by atomic mass is 16.5. The van der Waals surface area contributed by atoms with Gasteiger partial charge in [-0.3, -0.25) is 9.59 Å². The first-order chi connectivity index (χ1) is 16.6. The second-order valence-electron chi connectivity index (χ2n) is 7.63. The lowest BCUT2D eigenvalue weighted by atomic mass is 9.96. The zero-order valence-electron chi connectivity index (χ0n) is 21.0. The molecule has 0 fully saturated rings. The maximum atomic E-state index is 13.1. The molecule has 0 aliphatic heterocycles. The van der Waals surface area contributed by atoms with Gasteiger partial charge in [0, 0.05) is 0 Å². The van der Waals surface area contributed by atoms with Gasteiger partial charge in [0.1, 0.15) is 12.5 Å². The van der Waals surface area contributed by atoms with Gasteiger partial charge < -0.3 is 23.8 Å². The number of amides is 1. The minimum absolute atomic E-state index is 0.0488. The third-order valence-electron chi connectivity index (χ3n) is 5.34. The normalized spacial score (nSPS) is 12.7. The Hall–Kier alpha value is -3.69. The van der Waals surface area contributed by atoms with Crippen molar-refractivity contribution >= 4 is 35.9 Å². The molecule has 1 aromatic carbocycles. The largest absolute Gasteiger partial charge is 0.467 e. The number of methoxy groups -OCH3 is 3. The van der Waals surface area contributed by atoms with Crippen molar-refractivity contribution in [3.63, 3.8) is 0 Å². The van der Waals surface area contributed by atoms with E-state index in [0.717, 1.165) is 4.90 Å². The van der Waals surface area contributed by atoms with E-state index in [9.17, 15) is 24.0 Å². The Bertz CT molecular complexity index is 937. The van der Waals surface area contributed by atoms with E-state index >= 15 is 0 Å². The van der Waals surface area contributed by atoms with E-state index in [0.29, 0.717) is 17.5 Å². The first-order valence-electron chi connectivity index (χ1n) is 11.1. The van der Waals surface area contributed by atoms with Gasteiger partial charge in [-0.1, -0.05) is 32.4 Å². The van der Waals surface area contributed by atoms with Gasteiger partial charge in [0.25, 0.3) is 0 Å². The van der Waals surface area contributed by atoms with Gasteiger partial charge in [0.05, 0.1) is 45.6 Å². The number of carbonyl (C=O) groups excluding carboxylic acids is 5. The molecule has 0 radical (unpaired) electrons. The van der Waals surface area contributed by atoms with E-state index in [1.807, 2.05) is 6.92 Å². The van der Waals surface area contributed by atoms with E-state index in [1.54, 1.807) is 26.0 Å². The minimum Gasteiger partial charge on any atom is -0.467 e. The second-order valence-corrected chi connectivity index (χ2v) is 7.63. The summed E-state index contributed by atoms with van der Waals surface area (Å²) in [6.07, 6.45) is 1.39. The SMILES string of the molecule is CCOC(=O)CC(=O)N(C/C(=C\c1ccc(C(=O)OC)cc1)C(=O)OC)C(C(=O)OC)C(C)CC. The van der Waals surface area contributed by atoms with Gasteiger partial charge in [-0.15, -0.1) is 0 Å². The number of hydrogen-bond acceptors (Lipinski definition) is 9. The summed E-state index contributed by atoms with van der Waals surface area (Å²) in [5, 5.41) is 0. The molecule has 10 heteroatoms. The fourth-order valence-corrected chi connectivity index (χ4v) is 3.31. The minimum atomic E-state index is -1.05. The predicted octanol–water partition coefficient (Wildman–Crippen LogP) is 2.40. The van der Waals surface area contributed by atoms with Crippen LogP contribution < -0.4 is 0 Å². The van der Waals surface area contributed by atoms with E-state index in [1.165, 1.54) is 39.5 Å². The Labute approximate surface area is 205 Å². The van der Waals surface area contributed by atoms with Gasteiger partial charge in [-0.25, -0.2) is 14.4 Å². The summed E-state index contributed by atoms with van der Waals surface area (Å²) in [5.74, 6) is -3.72. The molecule has 0 heterocycles. The smallest absolute Gasteiger partial charge is 0.337 e. The van der Waals surface area contributed by atoms with Crippen LogP contribution in [0.1, 0.15) is 49.5 Å². The van der Waals surface area contributed by atoms with Crippen LogP contribution in [-0.4, -0.2) is 75.2 Å². The number of hydrogen-bond donors (Lipinski definition) is 0. The molecule has 35 heavy (non-hydrogen) atoms. The molecule has 2 atom stereocenters. The summed E-state index contributed by atoms with van der Waals surface area (Å²) < 4.78 is 19.4. The Kier molecular flexibility index (Phi) is 12.2. The second kappa shape index (κ2) is 14.5. The van der Waals surface area contributed by atoms with Crippen molar-refractivity contribution in [3.05, 3.63) is 41.0 Å². The molecule has 1 aromatic rings. The topological polar surface area (TPSA) is 126 Å². The monoisotopic (exact) mass is 491 g/mol. The van der Waals surface area contributed by atoms with E-state index in [-0.39, 0.29) is 24.6 Å². The molecule has 0 spiro atoms. The lowest BCUT2D eigenvalue weighted by molar-refractivity contribution is -0.158. The highest BCUT2D eigenvalue weighted by Gasteiger charge is 2.36. The van der Waals surface area contributed by atoms with Gasteiger partial charge in [-0.05, 0) is 36.6 Å². The molecule has 0 saturated carbocycles. The molecular weight excluding hydrogens is 458 g/mol. The average molecular weight is 492 g/mol. The lowest BCUT2D eigenvalue weighted by Crippen LogP contribution is -2.51. The van der Waals surface area contributed by atoms with E-state index in [2.05, 4.69) is 4.74 Å². The van der Waals surface area contributed by atoms with Crippen LogP contribution in [0.3, 0.4) is 0 Å². The molecule has 10 nitrogen and oxygen atoms in total. The number of carbonyl (C=O) groups is 5. The number of ether oxygens (including phenoxy) is 4. The Morgan fingerprint density at radius 3 is 2.06 bits per heavy atom. The molecule has 0 saturated heterocycles. The van der Waals surface area contributed by atoms with Crippen LogP contribution in [0.15, 0.2) is 29.8 Å². The Morgan fingerprint density at radius 2 is 1.57 bits per heavy atom. The van der Waals surface area contributed by atoms with Crippen molar-refractivity contribution in [1.82, 2.24) is 4.90 Å². The molecular formula is C25H33NO9. The zero-order valence-corrected chi connectivity index (χ0v) is 21.0. The maximum Gasteiger partial charge on any atom is 0.337 e. The molecule has 0 bridgehead atoms. The van der Waals surface area contributed by atoms with Crippen molar-refractivity contribution < 1.29 is 42.9 Å². The Balaban J connectivity index is 3.48. The summed E-state index contributed by atoms with van der Waals surface area (Å²) in [6.45, 7) is 4.98. The zero-order chi connectivity index (χ0) is 26.5. The van der Waals surface area contributed by atoms with Crippen molar-refractivity contribution in [2.24, 2.45) is 5.92 Å². The van der Waals surface area contributed by atoms with Crippen molar-refractivity contribution in [3.8, 4) is 0 Å². The fraction of sp³-hybridized carbons (Fsp3) is 0.480. The average Bonchev–Trinajstić information content (AvgIpc) is 2.86. The van der Waals surface area contributed by atoms with Gasteiger partial charge in [0.2, 0.25) is 5.91 Å². The summed E-state index contributed by atoms with van der Waals surface area (Å²) >= 11 is 0. The molecule has 0 aliphatic carbocycles. The van der Waals surface area contributed by atoms with E-state index < -0.39 is 42.2 Å². The van der Waals surface area contributed by atoms with Gasteiger partial charge in [-0.2, -0.15) is 0 Å². The van der Waals surface area contributed by atoms with E-state index in [4.69, 9.17) is 14.2 Å². The van der Waals surface area contributed by atoms with Crippen molar-refractivity contribution in [2.75, 3.05) is 34.5 Å². The number of nitrogens with zero attached hydrogens (tertiary/aromatic N) is 1. The third-order valence-corrected chi connectivity index (χ3v) is 5.34. The molecule has 0 N–H and O–H groups in total. The lowest BCUT2D eigenvalue weighted by Gasteiger charge is -2.33. The molecule has 2 unspecified atom stereocenters. The summed E-state index contributed by atoms with van der Waals surface area (Å²) in [5.41, 5.74) is 0.903.